The number of alkyl halides is 2. The third kappa shape index (κ3) is 6.34. The molecule has 0 spiro atoms. The molecule has 1 aliphatic rings. The molecule has 1 amide bonds. The van der Waals surface area contributed by atoms with Gasteiger partial charge in [0.25, 0.3) is 5.89 Å². The number of anilines is 2. The molecule has 2 N–H and O–H groups in total. The van der Waals surface area contributed by atoms with Crippen molar-refractivity contribution in [2.24, 2.45) is 0 Å². The van der Waals surface area contributed by atoms with Gasteiger partial charge in [-0.05, 0) is 56.3 Å². The first kappa shape index (κ1) is 26.1. The number of hydrogen-bond acceptors (Lipinski definition) is 8. The largest absolute Gasteiger partial charge is 0.415 e. The third-order valence-electron chi connectivity index (χ3n) is 5.64. The number of halogens is 3. The fourth-order valence-corrected chi connectivity index (χ4v) is 3.85. The van der Waals surface area contributed by atoms with Crippen LogP contribution in [0.5, 0.6) is 0 Å². The van der Waals surface area contributed by atoms with Crippen molar-refractivity contribution in [3.05, 3.63) is 53.9 Å². The average Bonchev–Trinajstić information content (AvgIpc) is 3.40. The number of nitrogens with one attached hydrogen (secondary N) is 1. The molecule has 0 aliphatic carbocycles. The number of carbonyl (C=O) groups excluding carboxylic acids is 1. The predicted octanol–water partition coefficient (Wildman–Crippen LogP) is 3.17. The van der Waals surface area contributed by atoms with Crippen LogP contribution in [0, 0.1) is 5.82 Å². The molecule has 0 bridgehead atoms. The van der Waals surface area contributed by atoms with Crippen molar-refractivity contribution in [1.82, 2.24) is 20.5 Å². The number of benzene rings is 1. The lowest BCUT2D eigenvalue weighted by atomic mass is 10.0. The highest BCUT2D eigenvalue weighted by atomic mass is 19.3. The number of pyridine rings is 1. The number of aliphatic hydroxyl groups excluding tert-OH is 1. The van der Waals surface area contributed by atoms with E-state index in [1.54, 1.807) is 18.2 Å². The van der Waals surface area contributed by atoms with Crippen molar-refractivity contribution < 1.29 is 27.5 Å². The highest BCUT2D eigenvalue weighted by Gasteiger charge is 2.23. The average molecular weight is 493 g/mol. The molecular weight excluding hydrogens is 465 g/mol. The highest BCUT2D eigenvalue weighted by molar-refractivity contribution is 5.84. The molecule has 9 nitrogen and oxygen atoms in total. The number of nitrogens with zero attached hydrogens (tertiary/aromatic N) is 5. The van der Waals surface area contributed by atoms with Gasteiger partial charge in [-0.25, -0.2) is 4.39 Å². The Bertz CT molecular complexity index is 1090. The van der Waals surface area contributed by atoms with Crippen LogP contribution in [-0.2, 0) is 11.3 Å². The van der Waals surface area contributed by atoms with Gasteiger partial charge in [-0.3, -0.25) is 9.78 Å². The number of carbonyl (C=O) groups is 1. The van der Waals surface area contributed by atoms with Gasteiger partial charge >= 0.3 is 6.43 Å². The second kappa shape index (κ2) is 12.3. The number of rotatable bonds is 8. The summed E-state index contributed by atoms with van der Waals surface area (Å²) in [4.78, 5) is 19.7. The third-order valence-corrected chi connectivity index (χ3v) is 5.64. The van der Waals surface area contributed by atoms with Crippen molar-refractivity contribution in [2.75, 3.05) is 37.0 Å². The van der Waals surface area contributed by atoms with Crippen LogP contribution in [0.2, 0.25) is 0 Å². The first-order valence-corrected chi connectivity index (χ1v) is 10.9. The van der Waals surface area contributed by atoms with E-state index in [1.165, 1.54) is 23.2 Å². The lowest BCUT2D eigenvalue weighted by molar-refractivity contribution is -0.107. The topological polar surface area (TPSA) is 108 Å². The zero-order chi connectivity index (χ0) is 25.4. The molecular formula is C23H27F3N6O3. The first-order chi connectivity index (χ1) is 17.0. The normalized spacial score (nSPS) is 13.8. The van der Waals surface area contributed by atoms with Crippen LogP contribution in [0.25, 0.3) is 11.5 Å². The highest BCUT2D eigenvalue weighted by Crippen LogP contribution is 2.33. The summed E-state index contributed by atoms with van der Waals surface area (Å²) in [5.74, 6) is -1.29. The summed E-state index contributed by atoms with van der Waals surface area (Å²) < 4.78 is 44.4. The van der Waals surface area contributed by atoms with Crippen LogP contribution in [0.1, 0.15) is 30.9 Å². The van der Waals surface area contributed by atoms with Crippen molar-refractivity contribution in [1.29, 1.82) is 0 Å². The maximum atomic E-state index is 14.1. The minimum atomic E-state index is -2.86. The molecule has 3 aromatic rings. The van der Waals surface area contributed by atoms with Gasteiger partial charge in [0.15, 0.2) is 0 Å². The number of piperidine rings is 1. The molecule has 1 fully saturated rings. The summed E-state index contributed by atoms with van der Waals surface area (Å²) in [5, 5.41) is 17.2. The molecule has 1 aliphatic heterocycles. The van der Waals surface area contributed by atoms with E-state index in [0.29, 0.717) is 23.4 Å². The standard InChI is InChI=1S/C22H23F3N6O2.CH4O/c1-30(17-6-8-26-9-7-17)18-5-3-15(23)10-19(18)31(13-32)12-16-4-2-14(11-27-16)21-28-29-22(33-21)20(24)25;1-2/h2-5,10-11,13,17,20,26H,6-9,12H2,1H3;2H,1H3. The summed E-state index contributed by atoms with van der Waals surface area (Å²) in [5.41, 5.74) is 2.07. The lowest BCUT2D eigenvalue weighted by Gasteiger charge is -2.35. The lowest BCUT2D eigenvalue weighted by Crippen LogP contribution is -2.41. The predicted molar refractivity (Wildman–Crippen MR) is 124 cm³/mol. The maximum Gasteiger partial charge on any atom is 0.314 e. The fraction of sp³-hybridized carbons (Fsp3) is 0.391. The van der Waals surface area contributed by atoms with E-state index in [0.717, 1.165) is 38.7 Å². The van der Waals surface area contributed by atoms with Crippen LogP contribution in [0.4, 0.5) is 24.5 Å². The van der Waals surface area contributed by atoms with E-state index in [-0.39, 0.29) is 18.5 Å². The van der Waals surface area contributed by atoms with Crippen LogP contribution >= 0.6 is 0 Å². The molecule has 3 heterocycles. The molecule has 12 heteroatoms. The molecule has 1 aromatic carbocycles. The fourth-order valence-electron chi connectivity index (χ4n) is 3.85. The number of amides is 1. The Morgan fingerprint density at radius 1 is 1.17 bits per heavy atom. The van der Waals surface area contributed by atoms with Crippen LogP contribution < -0.4 is 15.1 Å². The Hall–Kier alpha value is -3.51. The van der Waals surface area contributed by atoms with E-state index in [4.69, 9.17) is 9.52 Å². The Labute approximate surface area is 200 Å². The maximum absolute atomic E-state index is 14.1. The Morgan fingerprint density at radius 3 is 2.51 bits per heavy atom. The van der Waals surface area contributed by atoms with Crippen molar-refractivity contribution in [3.8, 4) is 11.5 Å². The quantitative estimate of drug-likeness (QED) is 0.462. The van der Waals surface area contributed by atoms with Gasteiger partial charge in [0.05, 0.1) is 29.2 Å². The second-order valence-corrected chi connectivity index (χ2v) is 7.74. The van der Waals surface area contributed by atoms with Gasteiger partial charge in [0.2, 0.25) is 12.3 Å². The van der Waals surface area contributed by atoms with E-state index >= 15 is 0 Å². The van der Waals surface area contributed by atoms with E-state index < -0.39 is 18.1 Å². The van der Waals surface area contributed by atoms with Crippen molar-refractivity contribution >= 4 is 17.8 Å². The minimum absolute atomic E-state index is 0.0763. The first-order valence-electron chi connectivity index (χ1n) is 10.9. The smallest absolute Gasteiger partial charge is 0.314 e. The van der Waals surface area contributed by atoms with Gasteiger partial charge in [-0.2, -0.15) is 8.78 Å². The zero-order valence-electron chi connectivity index (χ0n) is 19.4. The summed E-state index contributed by atoms with van der Waals surface area (Å²) in [6, 6.07) is 7.87. The Morgan fingerprint density at radius 2 is 1.91 bits per heavy atom. The van der Waals surface area contributed by atoms with Gasteiger partial charge in [0.1, 0.15) is 5.82 Å². The molecule has 0 radical (unpaired) electrons. The van der Waals surface area contributed by atoms with Crippen LogP contribution in [0.3, 0.4) is 0 Å². The summed E-state index contributed by atoms with van der Waals surface area (Å²) in [6.45, 7) is 1.89. The molecule has 188 valence electrons. The monoisotopic (exact) mass is 492 g/mol. The summed E-state index contributed by atoms with van der Waals surface area (Å²) in [7, 11) is 2.95. The molecule has 35 heavy (non-hydrogen) atoms. The number of aromatic nitrogens is 3. The number of hydrogen-bond donors (Lipinski definition) is 2. The van der Waals surface area contributed by atoms with E-state index in [9.17, 15) is 18.0 Å². The van der Waals surface area contributed by atoms with Gasteiger partial charge < -0.3 is 24.6 Å². The van der Waals surface area contributed by atoms with Gasteiger partial charge in [0, 0.05) is 26.4 Å². The minimum Gasteiger partial charge on any atom is -0.415 e. The molecule has 0 atom stereocenters. The van der Waals surface area contributed by atoms with Gasteiger partial charge in [-0.1, -0.05) is 0 Å². The number of aliphatic hydroxyl groups is 1. The van der Waals surface area contributed by atoms with E-state index in [2.05, 4.69) is 25.4 Å². The molecule has 0 saturated carbocycles. The molecule has 2 aromatic heterocycles. The second-order valence-electron chi connectivity index (χ2n) is 7.74. The zero-order valence-corrected chi connectivity index (χ0v) is 19.4. The molecule has 0 unspecified atom stereocenters. The summed E-state index contributed by atoms with van der Waals surface area (Å²) >= 11 is 0. The molecule has 1 saturated heterocycles. The van der Waals surface area contributed by atoms with Crippen molar-refractivity contribution in [2.45, 2.75) is 31.9 Å². The molecule has 4 rings (SSSR count). The Balaban J connectivity index is 0.00000167. The van der Waals surface area contributed by atoms with Crippen LogP contribution in [-0.4, -0.2) is 60.0 Å². The van der Waals surface area contributed by atoms with Crippen molar-refractivity contribution in [3.63, 3.8) is 0 Å². The Kier molecular flexibility index (Phi) is 9.15. The van der Waals surface area contributed by atoms with E-state index in [1.807, 2.05) is 7.05 Å². The SMILES string of the molecule is CN(c1ccc(F)cc1N(C=O)Cc1ccc(-c2nnc(C(F)F)o2)cn1)C1CCNCC1.CO. The summed E-state index contributed by atoms with van der Waals surface area (Å²) in [6.07, 6.45) is 1.06. The van der Waals surface area contributed by atoms with Crippen LogP contribution in [0.15, 0.2) is 40.9 Å². The van der Waals surface area contributed by atoms with Gasteiger partial charge in [-0.15, -0.1) is 10.2 Å².